The number of carbonyl (C=O) groups is 1. The van der Waals surface area contributed by atoms with Crippen molar-refractivity contribution in [2.75, 3.05) is 0 Å². The third-order valence-corrected chi connectivity index (χ3v) is 4.55. The Hall–Kier alpha value is -3.73. The molecule has 27 heavy (non-hydrogen) atoms. The Morgan fingerprint density at radius 2 is 1.37 bits per heavy atom. The van der Waals surface area contributed by atoms with E-state index in [4.69, 9.17) is 0 Å². The summed E-state index contributed by atoms with van der Waals surface area (Å²) in [6.45, 7) is 0.100. The normalized spacial score (nSPS) is 11.0. The van der Waals surface area contributed by atoms with Gasteiger partial charge in [-0.3, -0.25) is 4.79 Å². The number of hydrogen-bond donors (Lipinski definition) is 3. The smallest absolute Gasteiger partial charge is 0.182 e. The summed E-state index contributed by atoms with van der Waals surface area (Å²) in [7, 11) is 0. The second-order valence-electron chi connectivity index (χ2n) is 6.39. The fourth-order valence-electron chi connectivity index (χ4n) is 3.18. The van der Waals surface area contributed by atoms with Gasteiger partial charge in [-0.15, -0.1) is 0 Å². The average Bonchev–Trinajstić information content (AvgIpc) is 3.00. The third kappa shape index (κ3) is 3.22. The zero-order chi connectivity index (χ0) is 19.0. The molecule has 4 rings (SSSR count). The molecule has 5 nitrogen and oxygen atoms in total. The van der Waals surface area contributed by atoms with Crippen molar-refractivity contribution in [3.63, 3.8) is 0 Å². The predicted octanol–water partition coefficient (Wildman–Crippen LogP) is 4.31. The Balaban J connectivity index is 1.78. The lowest BCUT2D eigenvalue weighted by molar-refractivity contribution is 0.0973. The Labute approximate surface area is 155 Å². The quantitative estimate of drug-likeness (QED) is 0.474. The number of carbonyl (C=O) groups excluding carboxylic acids is 1. The van der Waals surface area contributed by atoms with Gasteiger partial charge in [-0.1, -0.05) is 12.1 Å². The van der Waals surface area contributed by atoms with Gasteiger partial charge in [0.1, 0.15) is 17.2 Å². The van der Waals surface area contributed by atoms with Gasteiger partial charge in [0.2, 0.25) is 0 Å². The number of phenolic OH excluding ortho intramolecular Hbond substituents is 3. The first-order valence-corrected chi connectivity index (χ1v) is 8.45. The van der Waals surface area contributed by atoms with Crippen LogP contribution in [0.2, 0.25) is 0 Å². The number of benzene rings is 3. The van der Waals surface area contributed by atoms with Crippen molar-refractivity contribution in [3.05, 3.63) is 78.5 Å². The van der Waals surface area contributed by atoms with E-state index in [-0.39, 0.29) is 29.6 Å². The van der Waals surface area contributed by atoms with Crippen molar-refractivity contribution < 1.29 is 20.1 Å². The molecule has 4 aromatic rings. The molecule has 0 aliphatic carbocycles. The molecule has 0 fully saturated rings. The number of aromatic nitrogens is 1. The molecule has 0 aliphatic heterocycles. The van der Waals surface area contributed by atoms with E-state index < -0.39 is 0 Å². The van der Waals surface area contributed by atoms with Crippen LogP contribution in [0.25, 0.3) is 22.0 Å². The van der Waals surface area contributed by atoms with Crippen LogP contribution in [0.15, 0.2) is 72.9 Å². The molecule has 0 saturated heterocycles. The molecule has 1 heterocycles. The number of rotatable bonds is 4. The lowest BCUT2D eigenvalue weighted by Crippen LogP contribution is -2.09. The van der Waals surface area contributed by atoms with Crippen LogP contribution >= 0.6 is 0 Å². The van der Waals surface area contributed by atoms with Gasteiger partial charge in [0.25, 0.3) is 0 Å². The van der Waals surface area contributed by atoms with Crippen molar-refractivity contribution in [2.45, 2.75) is 6.54 Å². The Morgan fingerprint density at radius 1 is 0.778 bits per heavy atom. The van der Waals surface area contributed by atoms with Crippen LogP contribution in [-0.4, -0.2) is 25.7 Å². The van der Waals surface area contributed by atoms with E-state index in [0.717, 1.165) is 22.0 Å². The van der Waals surface area contributed by atoms with E-state index in [2.05, 4.69) is 0 Å². The molecule has 0 amide bonds. The molecule has 0 unspecified atom stereocenters. The molecule has 3 N–H and O–H groups in total. The van der Waals surface area contributed by atoms with E-state index in [1.54, 1.807) is 41.0 Å². The minimum atomic E-state index is -0.104. The molecule has 0 radical (unpaired) electrons. The highest BCUT2D eigenvalue weighted by Crippen LogP contribution is 2.33. The topological polar surface area (TPSA) is 82.7 Å². The van der Waals surface area contributed by atoms with Gasteiger partial charge in [-0.25, -0.2) is 0 Å². The zero-order valence-corrected chi connectivity index (χ0v) is 14.3. The zero-order valence-electron chi connectivity index (χ0n) is 14.3. The van der Waals surface area contributed by atoms with Crippen LogP contribution in [0.4, 0.5) is 0 Å². The number of hydrogen-bond acceptors (Lipinski definition) is 4. The molecule has 3 aromatic carbocycles. The van der Waals surface area contributed by atoms with Crippen molar-refractivity contribution in [1.29, 1.82) is 0 Å². The van der Waals surface area contributed by atoms with Gasteiger partial charge in [0, 0.05) is 28.8 Å². The van der Waals surface area contributed by atoms with Crippen LogP contribution < -0.4 is 0 Å². The first kappa shape index (κ1) is 16.7. The minimum absolute atomic E-state index is 0.100. The third-order valence-electron chi connectivity index (χ3n) is 4.55. The number of phenols is 3. The maximum atomic E-state index is 12.6. The second-order valence-corrected chi connectivity index (χ2v) is 6.39. The van der Waals surface area contributed by atoms with Gasteiger partial charge in [-0.2, -0.15) is 0 Å². The summed E-state index contributed by atoms with van der Waals surface area (Å²) in [5.74, 6) is 0.309. The van der Waals surface area contributed by atoms with Gasteiger partial charge >= 0.3 is 0 Å². The SMILES string of the molecule is O=C(Cn1cc(-c2ccc(O)cc2)c2ccc(O)cc21)c1ccc(O)cc1. The van der Waals surface area contributed by atoms with Crippen molar-refractivity contribution in [2.24, 2.45) is 0 Å². The largest absolute Gasteiger partial charge is 0.508 e. The fourth-order valence-corrected chi connectivity index (χ4v) is 3.18. The van der Waals surface area contributed by atoms with E-state index in [1.807, 2.05) is 24.4 Å². The van der Waals surface area contributed by atoms with E-state index in [1.165, 1.54) is 12.1 Å². The molecule has 0 saturated carbocycles. The van der Waals surface area contributed by atoms with Crippen molar-refractivity contribution in [3.8, 4) is 28.4 Å². The Kier molecular flexibility index (Phi) is 4.05. The summed E-state index contributed by atoms with van der Waals surface area (Å²) in [5.41, 5.74) is 3.05. The number of Topliss-reactive ketones (excluding diaryl/α,β-unsaturated/α-hetero) is 1. The van der Waals surface area contributed by atoms with Crippen LogP contribution in [0.3, 0.4) is 0 Å². The molecule has 0 atom stereocenters. The number of aromatic hydroxyl groups is 3. The summed E-state index contributed by atoms with van der Waals surface area (Å²) in [6.07, 6.45) is 1.87. The summed E-state index contributed by atoms with van der Waals surface area (Å²) in [5, 5.41) is 29.7. The van der Waals surface area contributed by atoms with E-state index in [9.17, 15) is 20.1 Å². The van der Waals surface area contributed by atoms with E-state index >= 15 is 0 Å². The van der Waals surface area contributed by atoms with Crippen molar-refractivity contribution >= 4 is 16.7 Å². The first-order valence-electron chi connectivity index (χ1n) is 8.45. The maximum absolute atomic E-state index is 12.6. The molecule has 0 spiro atoms. The molecule has 0 aliphatic rings. The number of fused-ring (bicyclic) bond motifs is 1. The first-order chi connectivity index (χ1) is 13.0. The maximum Gasteiger partial charge on any atom is 0.182 e. The highest BCUT2D eigenvalue weighted by Gasteiger charge is 2.14. The molecule has 0 bridgehead atoms. The summed E-state index contributed by atoms with van der Waals surface area (Å²) in [6, 6.07) is 18.0. The average molecular weight is 359 g/mol. The minimum Gasteiger partial charge on any atom is -0.508 e. The van der Waals surface area contributed by atoms with Gasteiger partial charge in [0.05, 0.1) is 12.1 Å². The molecular formula is C22H17NO4. The highest BCUT2D eigenvalue weighted by molar-refractivity contribution is 6.00. The van der Waals surface area contributed by atoms with Gasteiger partial charge in [0.15, 0.2) is 5.78 Å². The molecular weight excluding hydrogens is 342 g/mol. The van der Waals surface area contributed by atoms with Crippen molar-refractivity contribution in [1.82, 2.24) is 4.57 Å². The van der Waals surface area contributed by atoms with Crippen LogP contribution in [-0.2, 0) is 6.54 Å². The van der Waals surface area contributed by atoms with Crippen LogP contribution in [0.1, 0.15) is 10.4 Å². The van der Waals surface area contributed by atoms with Crippen LogP contribution in [0.5, 0.6) is 17.2 Å². The summed E-state index contributed by atoms with van der Waals surface area (Å²) < 4.78 is 1.80. The second kappa shape index (κ2) is 6.53. The number of nitrogens with zero attached hydrogens (tertiary/aromatic N) is 1. The summed E-state index contributed by atoms with van der Waals surface area (Å²) in [4.78, 5) is 12.6. The van der Waals surface area contributed by atoms with Gasteiger partial charge in [-0.05, 0) is 54.1 Å². The predicted molar refractivity (Wildman–Crippen MR) is 103 cm³/mol. The molecule has 134 valence electrons. The standard InChI is InChI=1S/C22H17NO4/c24-16-5-1-14(2-6-16)20-12-23(21-11-18(26)9-10-19(20)21)13-22(27)15-3-7-17(25)8-4-15/h1-12,24-26H,13H2. The molecule has 5 heteroatoms. The summed E-state index contributed by atoms with van der Waals surface area (Å²) >= 11 is 0. The Morgan fingerprint density at radius 3 is 2.04 bits per heavy atom. The highest BCUT2D eigenvalue weighted by atomic mass is 16.3. The monoisotopic (exact) mass is 359 g/mol. The van der Waals surface area contributed by atoms with Gasteiger partial charge < -0.3 is 19.9 Å². The fraction of sp³-hybridized carbons (Fsp3) is 0.0455. The van der Waals surface area contributed by atoms with Crippen LogP contribution in [0, 0.1) is 0 Å². The number of ketones is 1. The lowest BCUT2D eigenvalue weighted by Gasteiger charge is -2.05. The lowest BCUT2D eigenvalue weighted by atomic mass is 10.0. The van der Waals surface area contributed by atoms with E-state index in [0.29, 0.717) is 5.56 Å². The molecule has 1 aromatic heterocycles. The Bertz CT molecular complexity index is 1130.